The molecule has 7 heteroatoms. The van der Waals surface area contributed by atoms with Crippen molar-refractivity contribution in [2.45, 2.75) is 19.0 Å². The normalized spacial score (nSPS) is 19.1. The highest BCUT2D eigenvalue weighted by molar-refractivity contribution is 5.99. The molecular weight excluding hydrogens is 356 g/mol. The summed E-state index contributed by atoms with van der Waals surface area (Å²) in [4.78, 5) is 28.1. The van der Waals surface area contributed by atoms with Crippen molar-refractivity contribution in [1.29, 1.82) is 0 Å². The largest absolute Gasteiger partial charge is 0.482 e. The second kappa shape index (κ2) is 7.90. The van der Waals surface area contributed by atoms with Crippen LogP contribution in [-0.4, -0.2) is 49.6 Å². The Labute approximate surface area is 164 Å². The molecule has 3 amide bonds. The summed E-state index contributed by atoms with van der Waals surface area (Å²) >= 11 is 0. The van der Waals surface area contributed by atoms with E-state index in [4.69, 9.17) is 4.74 Å². The Morgan fingerprint density at radius 1 is 1.21 bits per heavy atom. The summed E-state index contributed by atoms with van der Waals surface area (Å²) < 4.78 is 5.41. The first-order valence-electron chi connectivity index (χ1n) is 9.46. The van der Waals surface area contributed by atoms with Crippen LogP contribution < -0.4 is 20.3 Å². The Morgan fingerprint density at radius 2 is 2.04 bits per heavy atom. The molecule has 0 bridgehead atoms. The maximum Gasteiger partial charge on any atom is 0.319 e. The molecule has 1 saturated heterocycles. The molecule has 28 heavy (non-hydrogen) atoms. The van der Waals surface area contributed by atoms with Gasteiger partial charge >= 0.3 is 6.03 Å². The fraction of sp³-hybridized carbons (Fsp3) is 0.333. The molecule has 0 radical (unpaired) electrons. The van der Waals surface area contributed by atoms with E-state index in [-0.39, 0.29) is 24.6 Å². The molecule has 2 aromatic rings. The Morgan fingerprint density at radius 3 is 2.86 bits per heavy atom. The predicted octanol–water partition coefficient (Wildman–Crippen LogP) is 2.44. The second-order valence-electron chi connectivity index (χ2n) is 7.23. The van der Waals surface area contributed by atoms with E-state index in [2.05, 4.69) is 27.7 Å². The minimum atomic E-state index is -0.239. The number of likely N-dealkylation sites (tertiary alicyclic amines) is 1. The van der Waals surface area contributed by atoms with Gasteiger partial charge in [0.2, 0.25) is 0 Å². The number of anilines is 2. The summed E-state index contributed by atoms with van der Waals surface area (Å²) in [7, 11) is 1.70. The van der Waals surface area contributed by atoms with Crippen LogP contribution >= 0.6 is 0 Å². The molecule has 0 spiro atoms. The number of hydrogen-bond acceptors (Lipinski definition) is 4. The monoisotopic (exact) mass is 380 g/mol. The van der Waals surface area contributed by atoms with Crippen molar-refractivity contribution < 1.29 is 14.3 Å². The van der Waals surface area contributed by atoms with Gasteiger partial charge in [-0.15, -0.1) is 0 Å². The summed E-state index contributed by atoms with van der Waals surface area (Å²) in [6.07, 6.45) is 0.926. The van der Waals surface area contributed by atoms with Crippen LogP contribution in [0.5, 0.6) is 5.75 Å². The fourth-order valence-corrected chi connectivity index (χ4v) is 3.64. The van der Waals surface area contributed by atoms with E-state index in [1.165, 1.54) is 5.56 Å². The van der Waals surface area contributed by atoms with E-state index < -0.39 is 0 Å². The van der Waals surface area contributed by atoms with Gasteiger partial charge in [0, 0.05) is 38.4 Å². The van der Waals surface area contributed by atoms with Gasteiger partial charge in [-0.05, 0) is 30.2 Å². The van der Waals surface area contributed by atoms with Gasteiger partial charge in [0.05, 0.1) is 5.69 Å². The first kappa shape index (κ1) is 18.3. The average Bonchev–Trinajstić information content (AvgIpc) is 3.12. The number of carbonyl (C=O) groups is 2. The number of ether oxygens (including phenoxy) is 1. The van der Waals surface area contributed by atoms with Gasteiger partial charge in [-0.25, -0.2) is 4.79 Å². The van der Waals surface area contributed by atoms with E-state index in [1.807, 2.05) is 18.2 Å². The summed E-state index contributed by atoms with van der Waals surface area (Å²) in [5.41, 5.74) is 2.56. The summed E-state index contributed by atoms with van der Waals surface area (Å²) in [6.45, 7) is 2.73. The van der Waals surface area contributed by atoms with Crippen LogP contribution in [0.25, 0.3) is 0 Å². The molecule has 0 saturated carbocycles. The van der Waals surface area contributed by atoms with E-state index in [0.29, 0.717) is 17.1 Å². The smallest absolute Gasteiger partial charge is 0.319 e. The molecule has 2 aliphatic rings. The minimum absolute atomic E-state index is 0.0396. The van der Waals surface area contributed by atoms with Crippen LogP contribution in [0.1, 0.15) is 12.0 Å². The van der Waals surface area contributed by atoms with Crippen LogP contribution in [-0.2, 0) is 11.3 Å². The van der Waals surface area contributed by atoms with Crippen LogP contribution in [0.4, 0.5) is 16.2 Å². The molecule has 1 atom stereocenters. The molecule has 2 aliphatic heterocycles. The first-order chi connectivity index (χ1) is 13.6. The van der Waals surface area contributed by atoms with Crippen LogP contribution in [0.3, 0.4) is 0 Å². The summed E-state index contributed by atoms with van der Waals surface area (Å²) in [5.74, 6) is 0.527. The second-order valence-corrected chi connectivity index (χ2v) is 7.23. The molecule has 146 valence electrons. The molecule has 0 aliphatic carbocycles. The summed E-state index contributed by atoms with van der Waals surface area (Å²) in [5, 5.41) is 5.90. The molecular formula is C21H24N4O3. The SMILES string of the molecule is CN1C(=O)COc2ccc(NC(=O)N[C@H]3CCN(Cc4ccccc4)C3)cc21. The molecule has 1 fully saturated rings. The highest BCUT2D eigenvalue weighted by Crippen LogP contribution is 2.33. The number of carbonyl (C=O) groups excluding carboxylic acids is 2. The zero-order chi connectivity index (χ0) is 19.5. The highest BCUT2D eigenvalue weighted by atomic mass is 16.5. The van der Waals surface area contributed by atoms with Crippen molar-refractivity contribution in [3.8, 4) is 5.75 Å². The van der Waals surface area contributed by atoms with Crippen molar-refractivity contribution in [1.82, 2.24) is 10.2 Å². The number of nitrogens with zero attached hydrogens (tertiary/aromatic N) is 2. The quantitative estimate of drug-likeness (QED) is 0.855. The lowest BCUT2D eigenvalue weighted by molar-refractivity contribution is -0.120. The van der Waals surface area contributed by atoms with Crippen LogP contribution in [0.2, 0.25) is 0 Å². The average molecular weight is 380 g/mol. The molecule has 2 heterocycles. The first-order valence-corrected chi connectivity index (χ1v) is 9.46. The van der Waals surface area contributed by atoms with Crippen molar-refractivity contribution in [3.05, 3.63) is 54.1 Å². The molecule has 0 unspecified atom stereocenters. The maximum atomic E-state index is 12.4. The van der Waals surface area contributed by atoms with Gasteiger partial charge in [-0.3, -0.25) is 9.69 Å². The Kier molecular flexibility index (Phi) is 5.16. The van der Waals surface area contributed by atoms with Crippen LogP contribution in [0, 0.1) is 0 Å². The number of benzene rings is 2. The zero-order valence-corrected chi connectivity index (χ0v) is 15.9. The number of fused-ring (bicyclic) bond motifs is 1. The topological polar surface area (TPSA) is 73.9 Å². The van der Waals surface area contributed by atoms with Gasteiger partial charge in [0.15, 0.2) is 6.61 Å². The number of likely N-dealkylation sites (N-methyl/N-ethyl adjacent to an activating group) is 1. The van der Waals surface area contributed by atoms with Gasteiger partial charge in [-0.2, -0.15) is 0 Å². The van der Waals surface area contributed by atoms with Gasteiger partial charge in [0.1, 0.15) is 5.75 Å². The van der Waals surface area contributed by atoms with E-state index in [1.54, 1.807) is 30.1 Å². The van der Waals surface area contributed by atoms with E-state index >= 15 is 0 Å². The lowest BCUT2D eigenvalue weighted by Crippen LogP contribution is -2.39. The Bertz CT molecular complexity index is 871. The number of amides is 3. The number of hydrogen-bond donors (Lipinski definition) is 2. The molecule has 0 aromatic heterocycles. The van der Waals surface area contributed by atoms with Crippen molar-refractivity contribution in [2.75, 3.05) is 37.0 Å². The van der Waals surface area contributed by atoms with Crippen molar-refractivity contribution in [3.63, 3.8) is 0 Å². The van der Waals surface area contributed by atoms with Crippen molar-refractivity contribution >= 4 is 23.3 Å². The standard InChI is InChI=1S/C21H24N4O3/c1-24-18-11-16(7-8-19(18)28-14-20(24)26)22-21(27)23-17-9-10-25(13-17)12-15-5-3-2-4-6-15/h2-8,11,17H,9-10,12-14H2,1H3,(H2,22,23,27)/t17-/m0/s1. The number of rotatable bonds is 4. The third-order valence-electron chi connectivity index (χ3n) is 5.16. The molecule has 2 N–H and O–H groups in total. The summed E-state index contributed by atoms with van der Waals surface area (Å²) in [6, 6.07) is 15.5. The van der Waals surface area contributed by atoms with Crippen molar-refractivity contribution in [2.24, 2.45) is 0 Å². The fourth-order valence-electron chi connectivity index (χ4n) is 3.64. The number of nitrogens with one attached hydrogen (secondary N) is 2. The third kappa shape index (κ3) is 4.09. The lowest BCUT2D eigenvalue weighted by Gasteiger charge is -2.26. The van der Waals surface area contributed by atoms with Crippen LogP contribution in [0.15, 0.2) is 48.5 Å². The third-order valence-corrected chi connectivity index (χ3v) is 5.16. The predicted molar refractivity (Wildman–Crippen MR) is 108 cm³/mol. The zero-order valence-electron chi connectivity index (χ0n) is 15.9. The van der Waals surface area contributed by atoms with E-state index in [0.717, 1.165) is 26.1 Å². The molecule has 2 aromatic carbocycles. The van der Waals surface area contributed by atoms with E-state index in [9.17, 15) is 9.59 Å². The number of urea groups is 1. The lowest BCUT2D eigenvalue weighted by atomic mass is 10.2. The Balaban J connectivity index is 1.31. The molecule has 4 rings (SSSR count). The Hall–Kier alpha value is -3.06. The highest BCUT2D eigenvalue weighted by Gasteiger charge is 2.25. The molecule has 7 nitrogen and oxygen atoms in total. The minimum Gasteiger partial charge on any atom is -0.482 e. The van der Waals surface area contributed by atoms with Gasteiger partial charge < -0.3 is 20.3 Å². The van der Waals surface area contributed by atoms with Gasteiger partial charge in [-0.1, -0.05) is 30.3 Å². The van der Waals surface area contributed by atoms with Gasteiger partial charge in [0.25, 0.3) is 5.91 Å². The maximum absolute atomic E-state index is 12.4.